The van der Waals surface area contributed by atoms with Crippen molar-refractivity contribution in [2.75, 3.05) is 32.7 Å². The number of hydrogen-bond donors (Lipinski definition) is 1. The molecule has 106 valence electrons. The number of rotatable bonds is 6. The number of carboxylic acids is 1. The molecule has 0 aromatic rings. The highest BCUT2D eigenvalue weighted by atomic mass is 16.4. The molecule has 0 unspecified atom stereocenters. The Balaban J connectivity index is 2.29. The Kier molecular flexibility index (Phi) is 6.98. The SMILES string of the molecule is C#CCCCCC(=O)N1CCCN(CC(=O)O)CC1. The Hall–Kier alpha value is -1.54. The van der Waals surface area contributed by atoms with Gasteiger partial charge in [-0.2, -0.15) is 0 Å². The molecule has 0 bridgehead atoms. The molecule has 1 saturated heterocycles. The summed E-state index contributed by atoms with van der Waals surface area (Å²) in [5.41, 5.74) is 0. The molecule has 0 saturated carbocycles. The predicted octanol–water partition coefficient (Wildman–Crippen LogP) is 0.799. The molecule has 1 aliphatic heterocycles. The second-order valence-corrected chi connectivity index (χ2v) is 4.82. The maximum absolute atomic E-state index is 12.0. The first-order valence-electron chi connectivity index (χ1n) is 6.79. The van der Waals surface area contributed by atoms with Crippen LogP contribution in [0.4, 0.5) is 0 Å². The Morgan fingerprint density at radius 3 is 2.63 bits per heavy atom. The number of unbranched alkanes of at least 4 members (excludes halogenated alkanes) is 2. The molecule has 0 aliphatic carbocycles. The summed E-state index contributed by atoms with van der Waals surface area (Å²) in [4.78, 5) is 26.4. The average Bonchev–Trinajstić information content (AvgIpc) is 2.59. The van der Waals surface area contributed by atoms with Crippen molar-refractivity contribution in [3.63, 3.8) is 0 Å². The summed E-state index contributed by atoms with van der Waals surface area (Å²) in [6.07, 6.45) is 8.99. The van der Waals surface area contributed by atoms with Gasteiger partial charge in [-0.3, -0.25) is 14.5 Å². The lowest BCUT2D eigenvalue weighted by atomic mass is 10.2. The van der Waals surface area contributed by atoms with E-state index in [1.54, 1.807) is 0 Å². The molecule has 1 heterocycles. The topological polar surface area (TPSA) is 60.9 Å². The van der Waals surface area contributed by atoms with Gasteiger partial charge in [-0.1, -0.05) is 0 Å². The number of aliphatic carboxylic acids is 1. The van der Waals surface area contributed by atoms with Gasteiger partial charge in [0.25, 0.3) is 0 Å². The van der Waals surface area contributed by atoms with Crippen molar-refractivity contribution in [2.45, 2.75) is 32.1 Å². The summed E-state index contributed by atoms with van der Waals surface area (Å²) in [6, 6.07) is 0. The van der Waals surface area contributed by atoms with Gasteiger partial charge < -0.3 is 10.0 Å². The fraction of sp³-hybridized carbons (Fsp3) is 0.714. The van der Waals surface area contributed by atoms with E-state index in [1.165, 1.54) is 0 Å². The van der Waals surface area contributed by atoms with Crippen LogP contribution in [0.15, 0.2) is 0 Å². The van der Waals surface area contributed by atoms with Crippen molar-refractivity contribution in [3.05, 3.63) is 0 Å². The van der Waals surface area contributed by atoms with Crippen LogP contribution in [0.2, 0.25) is 0 Å². The molecule has 1 rings (SSSR count). The standard InChI is InChI=1S/C14H22N2O3/c1-2-3-4-5-7-13(17)16-9-6-8-15(10-11-16)12-14(18)19/h1H,3-12H2,(H,18,19). The van der Waals surface area contributed by atoms with Gasteiger partial charge in [-0.25, -0.2) is 0 Å². The van der Waals surface area contributed by atoms with Crippen LogP contribution in [0, 0.1) is 12.3 Å². The lowest BCUT2D eigenvalue weighted by Crippen LogP contribution is -2.36. The third-order valence-corrected chi connectivity index (χ3v) is 3.26. The van der Waals surface area contributed by atoms with Crippen LogP contribution in [0.1, 0.15) is 32.1 Å². The number of carbonyl (C=O) groups is 2. The van der Waals surface area contributed by atoms with E-state index in [0.29, 0.717) is 19.5 Å². The van der Waals surface area contributed by atoms with Crippen LogP contribution in [0.25, 0.3) is 0 Å². The molecule has 1 N–H and O–H groups in total. The Labute approximate surface area is 114 Å². The third-order valence-electron chi connectivity index (χ3n) is 3.26. The van der Waals surface area contributed by atoms with Crippen LogP contribution in [0.3, 0.4) is 0 Å². The average molecular weight is 266 g/mol. The molecule has 1 fully saturated rings. The fourth-order valence-corrected chi connectivity index (χ4v) is 2.23. The maximum Gasteiger partial charge on any atom is 0.317 e. The molecule has 0 atom stereocenters. The Morgan fingerprint density at radius 1 is 1.16 bits per heavy atom. The minimum atomic E-state index is -0.811. The van der Waals surface area contributed by atoms with E-state index in [9.17, 15) is 9.59 Å². The van der Waals surface area contributed by atoms with Crippen LogP contribution < -0.4 is 0 Å². The number of amides is 1. The largest absolute Gasteiger partial charge is 0.480 e. The van der Waals surface area contributed by atoms with E-state index in [1.807, 2.05) is 9.80 Å². The molecule has 0 radical (unpaired) electrons. The summed E-state index contributed by atoms with van der Waals surface area (Å²) in [7, 11) is 0. The lowest BCUT2D eigenvalue weighted by molar-refractivity contribution is -0.138. The number of carboxylic acid groups (broad SMARTS) is 1. The summed E-state index contributed by atoms with van der Waals surface area (Å²) < 4.78 is 0. The highest BCUT2D eigenvalue weighted by molar-refractivity contribution is 5.76. The van der Waals surface area contributed by atoms with Crippen molar-refractivity contribution in [1.29, 1.82) is 0 Å². The normalized spacial score (nSPS) is 16.7. The number of hydrogen-bond acceptors (Lipinski definition) is 3. The van der Waals surface area contributed by atoms with Gasteiger partial charge in [-0.15, -0.1) is 12.3 Å². The summed E-state index contributed by atoms with van der Waals surface area (Å²) in [5.74, 6) is 1.92. The predicted molar refractivity (Wildman–Crippen MR) is 72.6 cm³/mol. The first-order chi connectivity index (χ1) is 9.13. The van der Waals surface area contributed by atoms with Crippen molar-refractivity contribution in [2.24, 2.45) is 0 Å². The fourth-order valence-electron chi connectivity index (χ4n) is 2.23. The van der Waals surface area contributed by atoms with E-state index >= 15 is 0 Å². The van der Waals surface area contributed by atoms with E-state index in [0.717, 1.165) is 38.8 Å². The van der Waals surface area contributed by atoms with Crippen molar-refractivity contribution >= 4 is 11.9 Å². The molecule has 19 heavy (non-hydrogen) atoms. The van der Waals surface area contributed by atoms with Gasteiger partial charge in [0.2, 0.25) is 5.91 Å². The van der Waals surface area contributed by atoms with E-state index in [-0.39, 0.29) is 12.5 Å². The minimum absolute atomic E-state index is 0.0597. The van der Waals surface area contributed by atoms with Gasteiger partial charge in [0, 0.05) is 39.0 Å². The second-order valence-electron chi connectivity index (χ2n) is 4.82. The zero-order chi connectivity index (χ0) is 14.1. The third kappa shape index (κ3) is 6.25. The van der Waals surface area contributed by atoms with Crippen molar-refractivity contribution < 1.29 is 14.7 Å². The number of terminal acetylenes is 1. The molecule has 1 amide bonds. The zero-order valence-electron chi connectivity index (χ0n) is 11.3. The minimum Gasteiger partial charge on any atom is -0.480 e. The highest BCUT2D eigenvalue weighted by Crippen LogP contribution is 2.07. The van der Waals surface area contributed by atoms with Gasteiger partial charge in [-0.05, 0) is 19.3 Å². The Bertz CT molecular complexity index is 349. The van der Waals surface area contributed by atoms with Gasteiger partial charge >= 0.3 is 5.97 Å². The molecule has 5 nitrogen and oxygen atoms in total. The van der Waals surface area contributed by atoms with Crippen LogP contribution >= 0.6 is 0 Å². The molecule has 0 aromatic carbocycles. The second kappa shape index (κ2) is 8.54. The first-order valence-corrected chi connectivity index (χ1v) is 6.79. The summed E-state index contributed by atoms with van der Waals surface area (Å²) in [5, 5.41) is 8.76. The molecule has 5 heteroatoms. The van der Waals surface area contributed by atoms with Crippen LogP contribution in [-0.2, 0) is 9.59 Å². The van der Waals surface area contributed by atoms with E-state index in [4.69, 9.17) is 11.5 Å². The summed E-state index contributed by atoms with van der Waals surface area (Å²) in [6.45, 7) is 2.80. The number of carbonyl (C=O) groups excluding carboxylic acids is 1. The van der Waals surface area contributed by atoms with Crippen LogP contribution in [0.5, 0.6) is 0 Å². The zero-order valence-corrected chi connectivity index (χ0v) is 11.3. The first kappa shape index (κ1) is 15.5. The molecular weight excluding hydrogens is 244 g/mol. The van der Waals surface area contributed by atoms with Crippen LogP contribution in [-0.4, -0.2) is 59.5 Å². The van der Waals surface area contributed by atoms with E-state index < -0.39 is 5.97 Å². The quantitative estimate of drug-likeness (QED) is 0.570. The van der Waals surface area contributed by atoms with Crippen molar-refractivity contribution in [3.8, 4) is 12.3 Å². The highest BCUT2D eigenvalue weighted by Gasteiger charge is 2.19. The lowest BCUT2D eigenvalue weighted by Gasteiger charge is -2.21. The molecular formula is C14H22N2O3. The molecule has 0 aromatic heterocycles. The molecule has 0 spiro atoms. The van der Waals surface area contributed by atoms with Gasteiger partial charge in [0.15, 0.2) is 0 Å². The smallest absolute Gasteiger partial charge is 0.317 e. The number of nitrogens with zero attached hydrogens (tertiary/aromatic N) is 2. The maximum atomic E-state index is 12.0. The van der Waals surface area contributed by atoms with E-state index in [2.05, 4.69) is 5.92 Å². The van der Waals surface area contributed by atoms with Crippen molar-refractivity contribution in [1.82, 2.24) is 9.80 Å². The Morgan fingerprint density at radius 2 is 1.95 bits per heavy atom. The monoisotopic (exact) mass is 266 g/mol. The van der Waals surface area contributed by atoms with Gasteiger partial charge in [0.05, 0.1) is 6.54 Å². The van der Waals surface area contributed by atoms with Gasteiger partial charge in [0.1, 0.15) is 0 Å². The summed E-state index contributed by atoms with van der Waals surface area (Å²) >= 11 is 0. The molecule has 1 aliphatic rings.